The predicted molar refractivity (Wildman–Crippen MR) is 114 cm³/mol. The van der Waals surface area contributed by atoms with Crippen molar-refractivity contribution in [3.63, 3.8) is 0 Å². The lowest BCUT2D eigenvalue weighted by molar-refractivity contribution is -0.131. The van der Waals surface area contributed by atoms with Crippen LogP contribution in [0.4, 0.5) is 0 Å². The Bertz CT molecular complexity index is 1080. The molecule has 28 heavy (non-hydrogen) atoms. The zero-order valence-corrected chi connectivity index (χ0v) is 17.4. The maximum atomic E-state index is 13.0. The van der Waals surface area contributed by atoms with Crippen LogP contribution in [-0.4, -0.2) is 37.3 Å². The van der Waals surface area contributed by atoms with Gasteiger partial charge in [0.25, 0.3) is 0 Å². The number of benzene rings is 3. The summed E-state index contributed by atoms with van der Waals surface area (Å²) in [6.45, 7) is 8.02. The molecule has 4 heteroatoms. The molecule has 0 saturated heterocycles. The first-order valence-corrected chi connectivity index (χ1v) is 9.54. The minimum atomic E-state index is -0.345. The van der Waals surface area contributed by atoms with Crippen LogP contribution >= 0.6 is 0 Å². The second-order valence-electron chi connectivity index (χ2n) is 7.97. The monoisotopic (exact) mass is 377 g/mol. The van der Waals surface area contributed by atoms with E-state index in [0.29, 0.717) is 18.2 Å². The van der Waals surface area contributed by atoms with E-state index in [1.54, 1.807) is 0 Å². The van der Waals surface area contributed by atoms with E-state index in [0.717, 1.165) is 32.7 Å². The van der Waals surface area contributed by atoms with Crippen LogP contribution in [0.2, 0.25) is 0 Å². The number of fused-ring (bicyclic) bond motifs is 3. The maximum absolute atomic E-state index is 13.0. The Hall–Kier alpha value is -2.72. The summed E-state index contributed by atoms with van der Waals surface area (Å²) >= 11 is 0. The Morgan fingerprint density at radius 3 is 2.29 bits per heavy atom. The van der Waals surface area contributed by atoms with Crippen molar-refractivity contribution in [3.8, 4) is 5.75 Å². The topological polar surface area (TPSA) is 46.6 Å². The second kappa shape index (κ2) is 7.72. The fourth-order valence-electron chi connectivity index (χ4n) is 3.61. The zero-order valence-electron chi connectivity index (χ0n) is 17.4. The highest BCUT2D eigenvalue weighted by molar-refractivity contribution is 6.19. The van der Waals surface area contributed by atoms with Crippen molar-refractivity contribution >= 4 is 33.3 Å². The Balaban J connectivity index is 2.36. The van der Waals surface area contributed by atoms with Crippen molar-refractivity contribution in [2.45, 2.75) is 33.6 Å². The summed E-state index contributed by atoms with van der Waals surface area (Å²) in [7, 11) is 3.80. The summed E-state index contributed by atoms with van der Waals surface area (Å²) in [4.78, 5) is 26.3. The third-order valence-corrected chi connectivity index (χ3v) is 4.96. The Morgan fingerprint density at radius 1 is 0.964 bits per heavy atom. The van der Waals surface area contributed by atoms with Crippen molar-refractivity contribution in [2.75, 3.05) is 20.6 Å². The lowest BCUT2D eigenvalue weighted by Crippen LogP contribution is -2.22. The number of ketones is 1. The van der Waals surface area contributed by atoms with E-state index in [1.807, 2.05) is 44.1 Å². The van der Waals surface area contributed by atoms with Crippen molar-refractivity contribution in [1.29, 1.82) is 0 Å². The molecule has 0 spiro atoms. The largest absolute Gasteiger partial charge is 0.427 e. The van der Waals surface area contributed by atoms with Gasteiger partial charge >= 0.3 is 5.97 Å². The van der Waals surface area contributed by atoms with E-state index in [4.69, 9.17) is 4.74 Å². The molecule has 0 unspecified atom stereocenters. The first-order valence-electron chi connectivity index (χ1n) is 9.54. The smallest absolute Gasteiger partial charge is 0.308 e. The average molecular weight is 377 g/mol. The van der Waals surface area contributed by atoms with Crippen molar-refractivity contribution < 1.29 is 14.3 Å². The summed E-state index contributed by atoms with van der Waals surface area (Å²) in [5.74, 6) is 0.648. The standard InChI is InChI=1S/C24H27NO3/c1-14(2)17-7-8-19-21(10-17)23(24(27)13-25(5)6)12-20-15(3)9-18(11-22(19)20)28-16(4)26/h7-12,14H,13H2,1-6H3. The predicted octanol–water partition coefficient (Wildman–Crippen LogP) is 5.09. The number of carbonyl (C=O) groups is 2. The molecule has 3 aromatic rings. The summed E-state index contributed by atoms with van der Waals surface area (Å²) in [5, 5.41) is 3.94. The molecule has 0 aliphatic rings. The Morgan fingerprint density at radius 2 is 1.68 bits per heavy atom. The van der Waals surface area contributed by atoms with Gasteiger partial charge in [-0.25, -0.2) is 0 Å². The summed E-state index contributed by atoms with van der Waals surface area (Å²) < 4.78 is 5.33. The molecule has 0 aromatic heterocycles. The summed E-state index contributed by atoms with van der Waals surface area (Å²) in [5.41, 5.74) is 2.91. The van der Waals surface area contributed by atoms with Gasteiger partial charge in [-0.1, -0.05) is 32.0 Å². The van der Waals surface area contributed by atoms with Gasteiger partial charge < -0.3 is 9.64 Å². The molecular weight excluding hydrogens is 350 g/mol. The molecule has 3 rings (SSSR count). The van der Waals surface area contributed by atoms with Gasteiger partial charge in [0.1, 0.15) is 5.75 Å². The lowest BCUT2D eigenvalue weighted by Gasteiger charge is -2.16. The molecule has 0 fully saturated rings. The van der Waals surface area contributed by atoms with Gasteiger partial charge in [0.05, 0.1) is 6.54 Å². The van der Waals surface area contributed by atoms with Gasteiger partial charge in [0.2, 0.25) is 0 Å². The van der Waals surface area contributed by atoms with Crippen molar-refractivity contribution in [3.05, 3.63) is 53.1 Å². The third-order valence-electron chi connectivity index (χ3n) is 4.96. The highest BCUT2D eigenvalue weighted by Crippen LogP contribution is 2.35. The second-order valence-corrected chi connectivity index (χ2v) is 7.97. The number of esters is 1. The molecule has 0 amide bonds. The van der Waals surface area contributed by atoms with Gasteiger partial charge in [-0.05, 0) is 77.8 Å². The van der Waals surface area contributed by atoms with Crippen molar-refractivity contribution in [2.24, 2.45) is 0 Å². The fraction of sp³-hybridized carbons (Fsp3) is 0.333. The van der Waals surface area contributed by atoms with E-state index in [1.165, 1.54) is 12.5 Å². The number of nitrogens with zero attached hydrogens (tertiary/aromatic N) is 1. The summed E-state index contributed by atoms with van der Waals surface area (Å²) in [6, 6.07) is 12.0. The SMILES string of the molecule is CC(=O)Oc1cc(C)c2cc(C(=O)CN(C)C)c3cc(C(C)C)ccc3c2c1. The number of ether oxygens (including phenoxy) is 1. The first kappa shape index (κ1) is 20.0. The van der Waals surface area contributed by atoms with Gasteiger partial charge in [-0.2, -0.15) is 0 Å². The molecule has 0 bridgehead atoms. The van der Waals surface area contributed by atoms with Crippen LogP contribution in [0.15, 0.2) is 36.4 Å². The Labute approximate surface area is 166 Å². The minimum absolute atomic E-state index is 0.0984. The van der Waals surface area contributed by atoms with Crippen LogP contribution in [0.3, 0.4) is 0 Å². The molecule has 0 N–H and O–H groups in total. The maximum Gasteiger partial charge on any atom is 0.308 e. The van der Waals surface area contributed by atoms with Crippen LogP contribution in [0, 0.1) is 6.92 Å². The number of Topliss-reactive ketones (excluding diaryl/α,β-unsaturated/α-hetero) is 1. The zero-order chi connectivity index (χ0) is 20.6. The van der Waals surface area contributed by atoms with E-state index in [9.17, 15) is 9.59 Å². The quantitative estimate of drug-likeness (QED) is 0.269. The molecule has 3 aromatic carbocycles. The molecule has 0 saturated carbocycles. The summed E-state index contributed by atoms with van der Waals surface area (Å²) in [6.07, 6.45) is 0. The molecule has 0 aliphatic carbocycles. The van der Waals surface area contributed by atoms with Crippen LogP contribution in [0.5, 0.6) is 5.75 Å². The molecule has 4 nitrogen and oxygen atoms in total. The number of hydrogen-bond donors (Lipinski definition) is 0. The van der Waals surface area contributed by atoms with E-state index in [-0.39, 0.29) is 11.8 Å². The highest BCUT2D eigenvalue weighted by Gasteiger charge is 2.17. The fourth-order valence-corrected chi connectivity index (χ4v) is 3.61. The van der Waals surface area contributed by atoms with Crippen LogP contribution < -0.4 is 4.74 Å². The number of hydrogen-bond acceptors (Lipinski definition) is 4. The van der Waals surface area contributed by atoms with Gasteiger partial charge in [0, 0.05) is 12.5 Å². The van der Waals surface area contributed by atoms with Gasteiger partial charge in [-0.15, -0.1) is 0 Å². The molecule has 0 aliphatic heterocycles. The molecule has 0 atom stereocenters. The molecule has 146 valence electrons. The van der Waals surface area contributed by atoms with Crippen LogP contribution in [0.1, 0.15) is 48.2 Å². The molecule has 0 heterocycles. The van der Waals surface area contributed by atoms with Gasteiger partial charge in [0.15, 0.2) is 5.78 Å². The molecular formula is C24H27NO3. The van der Waals surface area contributed by atoms with Crippen molar-refractivity contribution in [1.82, 2.24) is 4.90 Å². The Kier molecular flexibility index (Phi) is 5.52. The molecule has 0 radical (unpaired) electrons. The van der Waals surface area contributed by atoms with Crippen LogP contribution in [0.25, 0.3) is 21.5 Å². The average Bonchev–Trinajstić information content (AvgIpc) is 2.59. The highest BCUT2D eigenvalue weighted by atomic mass is 16.5. The van der Waals surface area contributed by atoms with Crippen LogP contribution in [-0.2, 0) is 4.79 Å². The lowest BCUT2D eigenvalue weighted by atomic mass is 9.90. The normalized spacial score (nSPS) is 11.6. The number of likely N-dealkylation sites (N-methyl/N-ethyl adjacent to an activating group) is 1. The van der Waals surface area contributed by atoms with E-state index >= 15 is 0 Å². The van der Waals surface area contributed by atoms with E-state index in [2.05, 4.69) is 32.0 Å². The number of rotatable bonds is 5. The third kappa shape index (κ3) is 3.92. The van der Waals surface area contributed by atoms with Gasteiger partial charge in [-0.3, -0.25) is 9.59 Å². The first-order chi connectivity index (χ1) is 13.2. The number of aryl methyl sites for hydroxylation is 1. The number of carbonyl (C=O) groups excluding carboxylic acids is 2. The minimum Gasteiger partial charge on any atom is -0.427 e. The van der Waals surface area contributed by atoms with E-state index < -0.39 is 0 Å².